The highest BCUT2D eigenvalue weighted by molar-refractivity contribution is 7.85. The molecule has 1 aromatic rings. The summed E-state index contributed by atoms with van der Waals surface area (Å²) >= 11 is 0. The first-order valence-electron chi connectivity index (χ1n) is 10.4. The van der Waals surface area contributed by atoms with Crippen LogP contribution in [0.15, 0.2) is 59.8 Å². The standard InChI is InChI=1S/C23H27N3O6S/c1-23(2)17-11-6-7-12-18(17)26(14-9-15-33(30,31)32)19(23)13-8-5-10-16-20(27)24(3)22(29)25(4)21(16)28/h5-8,10-13H,9,14-15H2,1-4H3,(H,30,31,32). The minimum Gasteiger partial charge on any atom is -0.344 e. The molecule has 0 bridgehead atoms. The number of benzene rings is 1. The van der Waals surface area contributed by atoms with E-state index in [9.17, 15) is 22.8 Å². The summed E-state index contributed by atoms with van der Waals surface area (Å²) in [6, 6.07) is 7.13. The number of urea groups is 1. The van der Waals surface area contributed by atoms with Crippen molar-refractivity contribution in [1.29, 1.82) is 0 Å². The molecule has 0 spiro atoms. The van der Waals surface area contributed by atoms with Gasteiger partial charge in [-0.1, -0.05) is 44.2 Å². The van der Waals surface area contributed by atoms with Gasteiger partial charge in [-0.3, -0.25) is 23.9 Å². The third-order valence-electron chi connectivity index (χ3n) is 5.86. The van der Waals surface area contributed by atoms with Crippen LogP contribution in [-0.2, 0) is 25.1 Å². The fraction of sp³-hybridized carbons (Fsp3) is 0.348. The number of fused-ring (bicyclic) bond motifs is 1. The van der Waals surface area contributed by atoms with Crippen LogP contribution in [0, 0.1) is 0 Å². The molecule has 2 aliphatic rings. The summed E-state index contributed by atoms with van der Waals surface area (Å²) in [6.45, 7) is 4.49. The number of carbonyl (C=O) groups excluding carboxylic acids is 3. The Morgan fingerprint density at radius 1 is 0.970 bits per heavy atom. The number of hydrogen-bond acceptors (Lipinski definition) is 6. The Morgan fingerprint density at radius 3 is 2.15 bits per heavy atom. The molecule has 0 radical (unpaired) electrons. The van der Waals surface area contributed by atoms with Crippen LogP contribution >= 0.6 is 0 Å². The van der Waals surface area contributed by atoms with E-state index in [1.165, 1.54) is 20.2 Å². The predicted molar refractivity (Wildman–Crippen MR) is 124 cm³/mol. The summed E-state index contributed by atoms with van der Waals surface area (Å²) in [7, 11) is -1.43. The number of amides is 4. The molecule has 1 saturated heterocycles. The van der Waals surface area contributed by atoms with Gasteiger partial charge in [0.2, 0.25) is 0 Å². The third-order valence-corrected chi connectivity index (χ3v) is 6.66. The van der Waals surface area contributed by atoms with E-state index in [0.717, 1.165) is 26.7 Å². The summed E-state index contributed by atoms with van der Waals surface area (Å²) in [6.07, 6.45) is 6.72. The SMILES string of the molecule is CN1C(=O)C(=CC=CC=C2N(CCCS(=O)(=O)O)c3ccccc3C2(C)C)C(=O)N(C)C1=O. The maximum absolute atomic E-state index is 12.3. The van der Waals surface area contributed by atoms with Crippen molar-refractivity contribution in [3.05, 3.63) is 65.4 Å². The summed E-state index contributed by atoms with van der Waals surface area (Å²) in [4.78, 5) is 40.2. The van der Waals surface area contributed by atoms with E-state index >= 15 is 0 Å². The van der Waals surface area contributed by atoms with Crippen molar-refractivity contribution < 1.29 is 27.4 Å². The summed E-state index contributed by atoms with van der Waals surface area (Å²) in [5.74, 6) is -1.67. The van der Waals surface area contributed by atoms with Crippen molar-refractivity contribution in [2.45, 2.75) is 25.7 Å². The number of rotatable bonds is 6. The monoisotopic (exact) mass is 473 g/mol. The Hall–Kier alpha value is -3.24. The summed E-state index contributed by atoms with van der Waals surface area (Å²) in [5.41, 5.74) is 2.44. The molecule has 176 valence electrons. The molecule has 2 heterocycles. The molecular formula is C23H27N3O6S. The maximum atomic E-state index is 12.3. The van der Waals surface area contributed by atoms with E-state index < -0.39 is 28.0 Å². The Balaban J connectivity index is 1.90. The number of carbonyl (C=O) groups is 3. The zero-order valence-corrected chi connectivity index (χ0v) is 19.8. The molecule has 0 saturated carbocycles. The summed E-state index contributed by atoms with van der Waals surface area (Å²) < 4.78 is 31.4. The molecule has 0 unspecified atom stereocenters. The number of nitrogens with zero attached hydrogens (tertiary/aromatic N) is 3. The lowest BCUT2D eigenvalue weighted by Crippen LogP contribution is -2.52. The second-order valence-electron chi connectivity index (χ2n) is 8.46. The molecule has 1 N–H and O–H groups in total. The van der Waals surface area contributed by atoms with Crippen LogP contribution in [0.4, 0.5) is 10.5 Å². The lowest BCUT2D eigenvalue weighted by molar-refractivity contribution is -0.134. The molecule has 2 aliphatic heterocycles. The fourth-order valence-corrected chi connectivity index (χ4v) is 4.57. The Labute approximate surface area is 193 Å². The highest BCUT2D eigenvalue weighted by atomic mass is 32.2. The highest BCUT2D eigenvalue weighted by Crippen LogP contribution is 2.47. The van der Waals surface area contributed by atoms with Gasteiger partial charge in [-0.05, 0) is 30.2 Å². The Kier molecular flexibility index (Phi) is 6.62. The van der Waals surface area contributed by atoms with E-state index in [1.54, 1.807) is 12.2 Å². The van der Waals surface area contributed by atoms with Gasteiger partial charge in [-0.25, -0.2) is 4.79 Å². The van der Waals surface area contributed by atoms with Crippen LogP contribution in [0.2, 0.25) is 0 Å². The molecule has 1 aromatic carbocycles. The van der Waals surface area contributed by atoms with E-state index in [4.69, 9.17) is 4.55 Å². The van der Waals surface area contributed by atoms with Gasteiger partial charge in [-0.15, -0.1) is 0 Å². The molecule has 4 amide bonds. The maximum Gasteiger partial charge on any atom is 0.333 e. The van der Waals surface area contributed by atoms with Crippen molar-refractivity contribution in [1.82, 2.24) is 9.80 Å². The molecular weight excluding hydrogens is 446 g/mol. The minimum absolute atomic E-state index is 0.117. The van der Waals surface area contributed by atoms with Gasteiger partial charge in [0.15, 0.2) is 0 Å². The van der Waals surface area contributed by atoms with Crippen molar-refractivity contribution in [2.75, 3.05) is 31.3 Å². The first-order chi connectivity index (χ1) is 15.4. The van der Waals surface area contributed by atoms with Gasteiger partial charge >= 0.3 is 6.03 Å². The van der Waals surface area contributed by atoms with Crippen LogP contribution in [0.25, 0.3) is 0 Å². The Morgan fingerprint density at radius 2 is 1.55 bits per heavy atom. The zero-order valence-electron chi connectivity index (χ0n) is 19.0. The number of likely N-dealkylation sites (N-methyl/N-ethyl adjacent to an activating group) is 2. The van der Waals surface area contributed by atoms with E-state index in [1.807, 2.05) is 35.2 Å². The van der Waals surface area contributed by atoms with Crippen LogP contribution in [0.5, 0.6) is 0 Å². The smallest absolute Gasteiger partial charge is 0.333 e. The first-order valence-corrected chi connectivity index (χ1v) is 12.0. The van der Waals surface area contributed by atoms with Crippen LogP contribution in [0.3, 0.4) is 0 Å². The zero-order chi connectivity index (χ0) is 24.6. The van der Waals surface area contributed by atoms with Crippen molar-refractivity contribution in [3.8, 4) is 0 Å². The Bertz CT molecular complexity index is 1170. The van der Waals surface area contributed by atoms with E-state index in [2.05, 4.69) is 13.8 Å². The third kappa shape index (κ3) is 4.76. The van der Waals surface area contributed by atoms with Crippen LogP contribution in [-0.4, -0.2) is 67.0 Å². The van der Waals surface area contributed by atoms with E-state index in [-0.39, 0.29) is 23.2 Å². The van der Waals surface area contributed by atoms with E-state index in [0.29, 0.717) is 6.54 Å². The lowest BCUT2D eigenvalue weighted by atomic mass is 9.84. The van der Waals surface area contributed by atoms with Gasteiger partial charge in [0.1, 0.15) is 5.57 Å². The van der Waals surface area contributed by atoms with Gasteiger partial charge in [0, 0.05) is 37.4 Å². The van der Waals surface area contributed by atoms with Gasteiger partial charge in [0.05, 0.1) is 5.75 Å². The molecule has 0 aliphatic carbocycles. The largest absolute Gasteiger partial charge is 0.344 e. The predicted octanol–water partition coefficient (Wildman–Crippen LogP) is 2.48. The summed E-state index contributed by atoms with van der Waals surface area (Å²) in [5, 5.41) is 0. The highest BCUT2D eigenvalue weighted by Gasteiger charge is 2.39. The second kappa shape index (κ2) is 8.95. The molecule has 33 heavy (non-hydrogen) atoms. The first kappa shape index (κ1) is 24.4. The normalized spacial score (nSPS) is 19.8. The molecule has 10 heteroatoms. The van der Waals surface area contributed by atoms with Gasteiger partial charge < -0.3 is 4.90 Å². The topological polar surface area (TPSA) is 115 Å². The van der Waals surface area contributed by atoms with Gasteiger partial charge in [0.25, 0.3) is 21.9 Å². The molecule has 0 atom stereocenters. The number of allylic oxidation sites excluding steroid dienone is 5. The van der Waals surface area contributed by atoms with Crippen LogP contribution < -0.4 is 4.90 Å². The van der Waals surface area contributed by atoms with Crippen LogP contribution in [0.1, 0.15) is 25.8 Å². The molecule has 9 nitrogen and oxygen atoms in total. The quantitative estimate of drug-likeness (QED) is 0.383. The average Bonchev–Trinajstić information content (AvgIpc) is 2.96. The van der Waals surface area contributed by atoms with Gasteiger partial charge in [-0.2, -0.15) is 8.42 Å². The number of barbiturate groups is 1. The number of para-hydroxylation sites is 1. The van der Waals surface area contributed by atoms with Crippen molar-refractivity contribution >= 4 is 33.7 Å². The lowest BCUT2D eigenvalue weighted by Gasteiger charge is -2.28. The number of anilines is 1. The number of hydrogen-bond donors (Lipinski definition) is 1. The molecule has 3 rings (SSSR count). The fourth-order valence-electron chi connectivity index (χ4n) is 4.08. The minimum atomic E-state index is -4.06. The van der Waals surface area contributed by atoms with Crippen molar-refractivity contribution in [3.63, 3.8) is 0 Å². The average molecular weight is 474 g/mol. The molecule has 1 fully saturated rings. The number of imide groups is 2. The molecule has 0 aromatic heterocycles. The second-order valence-corrected chi connectivity index (χ2v) is 10.0. The van der Waals surface area contributed by atoms with Crippen molar-refractivity contribution in [2.24, 2.45) is 0 Å².